The van der Waals surface area contributed by atoms with Crippen LogP contribution in [0, 0.1) is 0 Å². The minimum atomic E-state index is 0.587. The van der Waals surface area contributed by atoms with Crippen LogP contribution in [0.4, 0.5) is 0 Å². The quantitative estimate of drug-likeness (QED) is 0.522. The van der Waals surface area contributed by atoms with Crippen LogP contribution in [0.15, 0.2) is 41.1 Å². The second-order valence-electron chi connectivity index (χ2n) is 8.37. The molecule has 0 radical (unpaired) electrons. The lowest BCUT2D eigenvalue weighted by Crippen LogP contribution is -2.45. The monoisotopic (exact) mass is 396 g/mol. The van der Waals surface area contributed by atoms with Gasteiger partial charge in [0.15, 0.2) is 0 Å². The van der Waals surface area contributed by atoms with Gasteiger partial charge in [0.1, 0.15) is 0 Å². The molecular weight excluding hydrogens is 360 g/mol. The highest BCUT2D eigenvalue weighted by molar-refractivity contribution is 7.08. The van der Waals surface area contributed by atoms with Crippen molar-refractivity contribution in [1.82, 2.24) is 9.80 Å². The molecule has 1 aliphatic rings. The Labute approximate surface area is 175 Å². The van der Waals surface area contributed by atoms with Gasteiger partial charge >= 0.3 is 0 Å². The number of thiophene rings is 1. The summed E-state index contributed by atoms with van der Waals surface area (Å²) in [6.45, 7) is 17.0. The van der Waals surface area contributed by atoms with Gasteiger partial charge in [-0.1, -0.05) is 52.0 Å². The Morgan fingerprint density at radius 3 is 2.43 bits per heavy atom. The molecule has 1 unspecified atom stereocenters. The van der Waals surface area contributed by atoms with Gasteiger partial charge in [-0.3, -0.25) is 4.90 Å². The maximum Gasteiger partial charge on any atom is 0.0405 e. The minimum Gasteiger partial charge on any atom is -0.369 e. The molecule has 0 N–H and O–H groups in total. The highest BCUT2D eigenvalue weighted by Gasteiger charge is 2.21. The fraction of sp³-hybridized carbons (Fsp3) is 0.520. The zero-order valence-electron chi connectivity index (χ0n) is 18.2. The summed E-state index contributed by atoms with van der Waals surface area (Å²) in [6.07, 6.45) is 3.47. The van der Waals surface area contributed by atoms with Crippen molar-refractivity contribution in [3.63, 3.8) is 0 Å². The first-order valence-corrected chi connectivity index (χ1v) is 11.8. The van der Waals surface area contributed by atoms with Crippen LogP contribution in [0.25, 0.3) is 5.70 Å². The van der Waals surface area contributed by atoms with E-state index < -0.39 is 0 Å². The number of nitrogens with zero attached hydrogens (tertiary/aromatic N) is 2. The summed E-state index contributed by atoms with van der Waals surface area (Å²) in [5.74, 6) is 1.22. The fourth-order valence-corrected chi connectivity index (χ4v) is 4.80. The predicted molar refractivity (Wildman–Crippen MR) is 124 cm³/mol. The second kappa shape index (κ2) is 9.76. The molecule has 2 aromatic rings. The van der Waals surface area contributed by atoms with Gasteiger partial charge in [0.2, 0.25) is 0 Å². The van der Waals surface area contributed by atoms with Crippen LogP contribution in [0.2, 0.25) is 0 Å². The molecule has 1 aromatic carbocycles. The molecule has 1 aliphatic heterocycles. The molecule has 0 aliphatic carbocycles. The molecule has 1 saturated heterocycles. The highest BCUT2D eigenvalue weighted by Crippen LogP contribution is 2.29. The summed E-state index contributed by atoms with van der Waals surface area (Å²) in [7, 11) is 0. The van der Waals surface area contributed by atoms with Crippen LogP contribution in [0.1, 0.15) is 75.1 Å². The number of allylic oxidation sites excluding steroid dienone is 1. The molecule has 3 rings (SSSR count). The first-order valence-electron chi connectivity index (χ1n) is 10.8. The summed E-state index contributed by atoms with van der Waals surface area (Å²) >= 11 is 1.78. The van der Waals surface area contributed by atoms with E-state index in [2.05, 4.69) is 85.5 Å². The average molecular weight is 397 g/mol. The second-order valence-corrected chi connectivity index (χ2v) is 9.15. The fourth-order valence-electron chi connectivity index (χ4n) is 4.15. The van der Waals surface area contributed by atoms with Gasteiger partial charge in [-0.25, -0.2) is 0 Å². The van der Waals surface area contributed by atoms with Crippen LogP contribution < -0.4 is 0 Å². The lowest BCUT2D eigenvalue weighted by Gasteiger charge is -2.37. The van der Waals surface area contributed by atoms with Gasteiger partial charge < -0.3 is 4.90 Å². The van der Waals surface area contributed by atoms with Gasteiger partial charge in [0.05, 0.1) is 0 Å². The van der Waals surface area contributed by atoms with Crippen molar-refractivity contribution < 1.29 is 0 Å². The van der Waals surface area contributed by atoms with E-state index >= 15 is 0 Å². The lowest BCUT2D eigenvalue weighted by molar-refractivity contribution is 0.168. The number of piperazine rings is 1. The lowest BCUT2D eigenvalue weighted by atomic mass is 9.89. The molecule has 1 aromatic heterocycles. The van der Waals surface area contributed by atoms with E-state index in [1.807, 2.05) is 0 Å². The smallest absolute Gasteiger partial charge is 0.0405 e. The van der Waals surface area contributed by atoms with Crippen molar-refractivity contribution >= 4 is 17.0 Å². The number of hydrogen-bond acceptors (Lipinski definition) is 3. The minimum absolute atomic E-state index is 0.587. The van der Waals surface area contributed by atoms with E-state index in [-0.39, 0.29) is 0 Å². The van der Waals surface area contributed by atoms with E-state index in [1.54, 1.807) is 16.9 Å². The molecule has 1 fully saturated rings. The van der Waals surface area contributed by atoms with Gasteiger partial charge in [0, 0.05) is 44.0 Å². The van der Waals surface area contributed by atoms with E-state index in [4.69, 9.17) is 0 Å². The van der Waals surface area contributed by atoms with Crippen molar-refractivity contribution in [1.29, 1.82) is 0 Å². The third-order valence-corrected chi connectivity index (χ3v) is 6.86. The molecular formula is C25H36N2S. The molecule has 0 amide bonds. The van der Waals surface area contributed by atoms with E-state index in [0.717, 1.165) is 32.7 Å². The maximum absolute atomic E-state index is 2.64. The first kappa shape index (κ1) is 21.1. The van der Waals surface area contributed by atoms with Gasteiger partial charge in [-0.15, -0.1) is 0 Å². The summed E-state index contributed by atoms with van der Waals surface area (Å²) in [4.78, 5) is 5.20. The molecule has 0 bridgehead atoms. The van der Waals surface area contributed by atoms with Crippen molar-refractivity contribution in [3.8, 4) is 0 Å². The normalized spacial score (nSPS) is 17.4. The average Bonchev–Trinajstić information content (AvgIpc) is 3.23. The van der Waals surface area contributed by atoms with Gasteiger partial charge in [-0.05, 0) is 58.7 Å². The molecule has 0 spiro atoms. The third kappa shape index (κ3) is 4.87. The molecule has 3 heteroatoms. The third-order valence-electron chi connectivity index (χ3n) is 6.17. The topological polar surface area (TPSA) is 6.48 Å². The summed E-state index contributed by atoms with van der Waals surface area (Å²) in [5.41, 5.74) is 7.31. The van der Waals surface area contributed by atoms with Crippen molar-refractivity contribution in [2.24, 2.45) is 0 Å². The Balaban J connectivity index is 1.69. The standard InChI is InChI=1S/C25H36N2S/c1-6-20(5)24-9-8-21(19(3)4)16-23(24)17-26-11-13-27(14-12-26)25(7-2)22-10-15-28-18-22/h7-10,15-16,18-20H,6,11-14,17H2,1-5H3. The molecule has 1 atom stereocenters. The highest BCUT2D eigenvalue weighted by atomic mass is 32.1. The van der Waals surface area contributed by atoms with Crippen LogP contribution in [0.5, 0.6) is 0 Å². The molecule has 0 saturated carbocycles. The maximum atomic E-state index is 2.64. The number of hydrogen-bond donors (Lipinski definition) is 0. The van der Waals surface area contributed by atoms with E-state index in [0.29, 0.717) is 11.8 Å². The van der Waals surface area contributed by atoms with Crippen LogP contribution in [-0.2, 0) is 6.54 Å². The molecule has 28 heavy (non-hydrogen) atoms. The predicted octanol–water partition coefficient (Wildman–Crippen LogP) is 6.56. The Morgan fingerprint density at radius 2 is 1.86 bits per heavy atom. The Hall–Kier alpha value is -1.58. The summed E-state index contributed by atoms with van der Waals surface area (Å²) in [6, 6.07) is 9.44. The van der Waals surface area contributed by atoms with Gasteiger partial charge in [-0.2, -0.15) is 11.3 Å². The summed E-state index contributed by atoms with van der Waals surface area (Å²) in [5, 5.41) is 4.44. The first-order chi connectivity index (χ1) is 13.5. The SMILES string of the molecule is CC=C(c1ccsc1)N1CCN(Cc2cc(C(C)C)ccc2C(C)CC)CC1. The van der Waals surface area contributed by atoms with Crippen molar-refractivity contribution in [2.45, 2.75) is 59.4 Å². The zero-order valence-corrected chi connectivity index (χ0v) is 19.1. The Bertz CT molecular complexity index is 768. The molecule has 2 nitrogen and oxygen atoms in total. The number of benzene rings is 1. The molecule has 152 valence electrons. The summed E-state index contributed by atoms with van der Waals surface area (Å²) < 4.78 is 0. The Morgan fingerprint density at radius 1 is 1.11 bits per heavy atom. The largest absolute Gasteiger partial charge is 0.369 e. The number of rotatable bonds is 7. The van der Waals surface area contributed by atoms with Gasteiger partial charge in [0.25, 0.3) is 0 Å². The zero-order chi connectivity index (χ0) is 20.1. The van der Waals surface area contributed by atoms with Crippen molar-refractivity contribution in [2.75, 3.05) is 26.2 Å². The van der Waals surface area contributed by atoms with E-state index in [9.17, 15) is 0 Å². The molecule has 2 heterocycles. The van der Waals surface area contributed by atoms with E-state index in [1.165, 1.54) is 28.8 Å². The van der Waals surface area contributed by atoms with Crippen LogP contribution in [-0.4, -0.2) is 36.0 Å². The van der Waals surface area contributed by atoms with Crippen LogP contribution in [0.3, 0.4) is 0 Å². The van der Waals surface area contributed by atoms with Crippen molar-refractivity contribution in [3.05, 3.63) is 63.4 Å². The van der Waals surface area contributed by atoms with Crippen LogP contribution >= 0.6 is 11.3 Å². The Kier molecular flexibility index (Phi) is 7.36.